The monoisotopic (exact) mass is 301 g/mol. The molecule has 1 atom stereocenters. The smallest absolute Gasteiger partial charge is 0.337 e. The van der Waals surface area contributed by atoms with E-state index in [1.807, 2.05) is 0 Å². The summed E-state index contributed by atoms with van der Waals surface area (Å²) in [6.45, 7) is 2.55. The van der Waals surface area contributed by atoms with Crippen LogP contribution in [-0.2, 0) is 14.8 Å². The van der Waals surface area contributed by atoms with Crippen molar-refractivity contribution in [3.63, 3.8) is 0 Å². The van der Waals surface area contributed by atoms with Crippen molar-refractivity contribution < 1.29 is 28.2 Å². The highest BCUT2D eigenvalue weighted by Crippen LogP contribution is 2.26. The minimum absolute atomic E-state index is 0.156. The largest absolute Gasteiger partial charge is 0.480 e. The second-order valence-corrected chi connectivity index (χ2v) is 6.17. The summed E-state index contributed by atoms with van der Waals surface area (Å²) in [5, 5.41) is 18.2. The van der Waals surface area contributed by atoms with Gasteiger partial charge in [-0.15, -0.1) is 0 Å². The van der Waals surface area contributed by atoms with Crippen LogP contribution < -0.4 is 4.31 Å². The molecule has 0 aliphatic rings. The van der Waals surface area contributed by atoms with Gasteiger partial charge in [-0.25, -0.2) is 18.0 Å². The highest BCUT2D eigenvalue weighted by atomic mass is 32.2. The molecule has 0 saturated carbocycles. The molecule has 1 unspecified atom stereocenters. The fraction of sp³-hybridized carbons (Fsp3) is 0.333. The molecule has 110 valence electrons. The molecular formula is C12H15NO6S. The van der Waals surface area contributed by atoms with Crippen molar-refractivity contribution in [1.82, 2.24) is 0 Å². The fourth-order valence-corrected chi connectivity index (χ4v) is 2.99. The normalized spacial score (nSPS) is 12.7. The standard InChI is InChI=1S/C12H15NO6S/c1-3-20(18,19)13(8(2)11(14)15)10-7-5-4-6-9(10)12(16)17/h4-8H,3H2,1-2H3,(H,14,15)(H,16,17). The average molecular weight is 301 g/mol. The first-order chi connectivity index (χ1) is 9.22. The zero-order valence-electron chi connectivity index (χ0n) is 11.0. The van der Waals surface area contributed by atoms with Crippen LogP contribution in [-0.4, -0.2) is 42.4 Å². The maximum absolute atomic E-state index is 12.1. The van der Waals surface area contributed by atoms with Gasteiger partial charge in [0.2, 0.25) is 10.0 Å². The Morgan fingerprint density at radius 2 is 1.80 bits per heavy atom. The van der Waals surface area contributed by atoms with Crippen LogP contribution in [0.2, 0.25) is 0 Å². The molecule has 0 aliphatic carbocycles. The van der Waals surface area contributed by atoms with Gasteiger partial charge in [-0.1, -0.05) is 12.1 Å². The van der Waals surface area contributed by atoms with Crippen LogP contribution in [0.25, 0.3) is 0 Å². The van der Waals surface area contributed by atoms with Crippen molar-refractivity contribution >= 4 is 27.6 Å². The van der Waals surface area contributed by atoms with Gasteiger partial charge < -0.3 is 10.2 Å². The molecule has 0 spiro atoms. The molecule has 0 heterocycles. The maximum atomic E-state index is 12.1. The summed E-state index contributed by atoms with van der Waals surface area (Å²) < 4.78 is 24.8. The zero-order valence-corrected chi connectivity index (χ0v) is 11.8. The van der Waals surface area contributed by atoms with E-state index in [4.69, 9.17) is 10.2 Å². The van der Waals surface area contributed by atoms with Crippen LogP contribution in [0.15, 0.2) is 24.3 Å². The minimum atomic E-state index is -3.92. The molecule has 0 aliphatic heterocycles. The molecule has 1 aromatic rings. The van der Waals surface area contributed by atoms with E-state index in [2.05, 4.69) is 0 Å². The number of hydrogen-bond donors (Lipinski definition) is 2. The van der Waals surface area contributed by atoms with Gasteiger partial charge in [0.1, 0.15) is 6.04 Å². The van der Waals surface area contributed by atoms with E-state index in [-0.39, 0.29) is 17.0 Å². The fourth-order valence-electron chi connectivity index (χ4n) is 1.69. The Hall–Kier alpha value is -2.09. The number of carbonyl (C=O) groups is 2. The Balaban J connectivity index is 3.55. The molecule has 0 bridgehead atoms. The third kappa shape index (κ3) is 3.08. The molecule has 7 nitrogen and oxygen atoms in total. The number of aromatic carboxylic acids is 1. The second-order valence-electron chi connectivity index (χ2n) is 4.03. The highest BCUT2D eigenvalue weighted by molar-refractivity contribution is 7.92. The first kappa shape index (κ1) is 16.0. The molecule has 1 aromatic carbocycles. The summed E-state index contributed by atoms with van der Waals surface area (Å²) in [6.07, 6.45) is 0. The van der Waals surface area contributed by atoms with Crippen molar-refractivity contribution in [2.24, 2.45) is 0 Å². The van der Waals surface area contributed by atoms with Crippen molar-refractivity contribution in [3.05, 3.63) is 29.8 Å². The van der Waals surface area contributed by atoms with E-state index < -0.39 is 28.0 Å². The van der Waals surface area contributed by atoms with Crippen LogP contribution >= 0.6 is 0 Å². The van der Waals surface area contributed by atoms with Crippen molar-refractivity contribution in [2.45, 2.75) is 19.9 Å². The summed E-state index contributed by atoms with van der Waals surface area (Å²) in [7, 11) is -3.92. The van der Waals surface area contributed by atoms with Gasteiger partial charge in [0, 0.05) is 0 Å². The number of aliphatic carboxylic acids is 1. The first-order valence-corrected chi connectivity index (χ1v) is 7.40. The molecule has 0 saturated heterocycles. The second kappa shape index (κ2) is 5.91. The van der Waals surface area contributed by atoms with Crippen LogP contribution in [0.1, 0.15) is 24.2 Å². The Morgan fingerprint density at radius 1 is 1.25 bits per heavy atom. The maximum Gasteiger partial charge on any atom is 0.337 e. The topological polar surface area (TPSA) is 112 Å². The van der Waals surface area contributed by atoms with Gasteiger partial charge in [0.25, 0.3) is 0 Å². The van der Waals surface area contributed by atoms with Crippen LogP contribution in [0.3, 0.4) is 0 Å². The van der Waals surface area contributed by atoms with Gasteiger partial charge in [-0.3, -0.25) is 4.31 Å². The van der Waals surface area contributed by atoms with Crippen LogP contribution in [0.4, 0.5) is 5.69 Å². The highest BCUT2D eigenvalue weighted by Gasteiger charge is 2.33. The summed E-state index contributed by atoms with van der Waals surface area (Å²) in [6, 6.07) is 3.99. The van der Waals surface area contributed by atoms with Crippen molar-refractivity contribution in [2.75, 3.05) is 10.1 Å². The molecule has 8 heteroatoms. The SMILES string of the molecule is CCS(=O)(=O)N(c1ccccc1C(=O)O)C(C)C(=O)O. The number of anilines is 1. The molecular weight excluding hydrogens is 286 g/mol. The summed E-state index contributed by atoms with van der Waals surface area (Å²) in [5.41, 5.74) is -0.422. The molecule has 2 N–H and O–H groups in total. The Kier molecular flexibility index (Phi) is 4.72. The lowest BCUT2D eigenvalue weighted by Gasteiger charge is -2.28. The third-order valence-electron chi connectivity index (χ3n) is 2.75. The molecule has 0 amide bonds. The lowest BCUT2D eigenvalue weighted by atomic mass is 10.1. The first-order valence-electron chi connectivity index (χ1n) is 5.79. The molecule has 0 aromatic heterocycles. The molecule has 1 rings (SSSR count). The predicted octanol–water partition coefficient (Wildman–Crippen LogP) is 1.01. The summed E-state index contributed by atoms with van der Waals surface area (Å²) in [5.74, 6) is -3.02. The number of para-hydroxylation sites is 1. The Labute approximate surface area is 116 Å². The van der Waals surface area contributed by atoms with E-state index in [0.29, 0.717) is 4.31 Å². The number of carboxylic acid groups (broad SMARTS) is 2. The van der Waals surface area contributed by atoms with Crippen molar-refractivity contribution in [3.8, 4) is 0 Å². The Bertz CT molecular complexity index is 625. The zero-order chi connectivity index (χ0) is 15.5. The van der Waals surface area contributed by atoms with Gasteiger partial charge in [0.15, 0.2) is 0 Å². The number of nitrogens with zero attached hydrogens (tertiary/aromatic N) is 1. The Morgan fingerprint density at radius 3 is 2.25 bits per heavy atom. The summed E-state index contributed by atoms with van der Waals surface area (Å²) in [4.78, 5) is 22.3. The average Bonchev–Trinajstić information content (AvgIpc) is 2.38. The molecule has 20 heavy (non-hydrogen) atoms. The van der Waals surface area contributed by atoms with Gasteiger partial charge >= 0.3 is 11.9 Å². The number of sulfonamides is 1. The number of rotatable bonds is 6. The lowest BCUT2D eigenvalue weighted by molar-refractivity contribution is -0.137. The third-order valence-corrected chi connectivity index (χ3v) is 4.59. The number of carboxylic acids is 2. The van der Waals surface area contributed by atoms with E-state index >= 15 is 0 Å². The van der Waals surface area contributed by atoms with Crippen LogP contribution in [0, 0.1) is 0 Å². The van der Waals surface area contributed by atoms with E-state index in [1.165, 1.54) is 38.1 Å². The lowest BCUT2D eigenvalue weighted by Crippen LogP contribution is -2.44. The molecule has 0 radical (unpaired) electrons. The van der Waals surface area contributed by atoms with E-state index in [1.54, 1.807) is 0 Å². The van der Waals surface area contributed by atoms with Gasteiger partial charge in [-0.2, -0.15) is 0 Å². The summed E-state index contributed by atoms with van der Waals surface area (Å²) >= 11 is 0. The molecule has 0 fully saturated rings. The van der Waals surface area contributed by atoms with Gasteiger partial charge in [0.05, 0.1) is 17.0 Å². The van der Waals surface area contributed by atoms with E-state index in [0.717, 1.165) is 0 Å². The predicted molar refractivity (Wildman–Crippen MR) is 72.4 cm³/mol. The quantitative estimate of drug-likeness (QED) is 0.811. The van der Waals surface area contributed by atoms with Gasteiger partial charge in [-0.05, 0) is 26.0 Å². The van der Waals surface area contributed by atoms with E-state index in [9.17, 15) is 18.0 Å². The van der Waals surface area contributed by atoms with Crippen LogP contribution in [0.5, 0.6) is 0 Å². The number of hydrogen-bond acceptors (Lipinski definition) is 4. The minimum Gasteiger partial charge on any atom is -0.480 e. The number of benzene rings is 1. The van der Waals surface area contributed by atoms with Crippen molar-refractivity contribution in [1.29, 1.82) is 0 Å².